The molecule has 102 valence electrons. The highest BCUT2D eigenvalue weighted by Crippen LogP contribution is 2.34. The first-order valence-electron chi connectivity index (χ1n) is 6.74. The molecule has 2 aromatic carbocycles. The van der Waals surface area contributed by atoms with Crippen molar-refractivity contribution in [1.82, 2.24) is 0 Å². The molecule has 1 unspecified atom stereocenters. The Kier molecular flexibility index (Phi) is 3.88. The standard InChI is InChI=1S/C17H15BrO2/c18-11-10-13-8-9-16(17(19)20-13)15-7-3-5-12-4-1-2-6-14(12)15/h1-7,10,16H,8-9,11H2/b13-10+. The van der Waals surface area contributed by atoms with Gasteiger partial charge in [0.1, 0.15) is 5.76 Å². The number of esters is 1. The van der Waals surface area contributed by atoms with Gasteiger partial charge in [-0.05, 0) is 28.8 Å². The summed E-state index contributed by atoms with van der Waals surface area (Å²) in [5.41, 5.74) is 1.07. The van der Waals surface area contributed by atoms with E-state index in [2.05, 4.69) is 34.1 Å². The molecule has 3 rings (SSSR count). The van der Waals surface area contributed by atoms with Crippen LogP contribution in [-0.2, 0) is 9.53 Å². The number of carbonyl (C=O) groups excluding carboxylic acids is 1. The van der Waals surface area contributed by atoms with Crippen LogP contribution in [0.3, 0.4) is 0 Å². The Bertz CT molecular complexity index is 670. The van der Waals surface area contributed by atoms with Crippen LogP contribution in [-0.4, -0.2) is 11.3 Å². The fourth-order valence-electron chi connectivity index (χ4n) is 2.72. The second-order valence-electron chi connectivity index (χ2n) is 4.91. The van der Waals surface area contributed by atoms with Gasteiger partial charge in [0.05, 0.1) is 5.92 Å². The lowest BCUT2D eigenvalue weighted by Gasteiger charge is -2.24. The van der Waals surface area contributed by atoms with E-state index >= 15 is 0 Å². The molecule has 0 aromatic heterocycles. The van der Waals surface area contributed by atoms with Crippen molar-refractivity contribution in [3.05, 3.63) is 59.9 Å². The number of rotatable bonds is 2. The molecule has 0 saturated carbocycles. The first-order chi connectivity index (χ1) is 9.79. The summed E-state index contributed by atoms with van der Waals surface area (Å²) in [6.07, 6.45) is 3.54. The van der Waals surface area contributed by atoms with Crippen LogP contribution in [0.5, 0.6) is 0 Å². The number of cyclic esters (lactones) is 1. The molecule has 0 bridgehead atoms. The van der Waals surface area contributed by atoms with E-state index in [4.69, 9.17) is 4.74 Å². The minimum absolute atomic E-state index is 0.139. The number of hydrogen-bond acceptors (Lipinski definition) is 2. The van der Waals surface area contributed by atoms with E-state index in [1.54, 1.807) is 0 Å². The Morgan fingerprint density at radius 2 is 2.00 bits per heavy atom. The van der Waals surface area contributed by atoms with Gasteiger partial charge in [-0.3, -0.25) is 4.79 Å². The van der Waals surface area contributed by atoms with E-state index < -0.39 is 0 Å². The summed E-state index contributed by atoms with van der Waals surface area (Å²) in [4.78, 5) is 12.2. The maximum absolute atomic E-state index is 12.2. The quantitative estimate of drug-likeness (QED) is 0.597. The lowest BCUT2D eigenvalue weighted by Crippen LogP contribution is -2.21. The number of carbonyl (C=O) groups is 1. The molecule has 1 atom stereocenters. The number of hydrogen-bond donors (Lipinski definition) is 0. The first-order valence-corrected chi connectivity index (χ1v) is 7.86. The number of allylic oxidation sites excluding steroid dienone is 2. The fraction of sp³-hybridized carbons (Fsp3) is 0.235. The van der Waals surface area contributed by atoms with Crippen molar-refractivity contribution in [3.8, 4) is 0 Å². The number of ether oxygens (including phenoxy) is 1. The van der Waals surface area contributed by atoms with Crippen LogP contribution in [0.4, 0.5) is 0 Å². The molecule has 0 aliphatic carbocycles. The third-order valence-electron chi connectivity index (χ3n) is 3.70. The summed E-state index contributed by atoms with van der Waals surface area (Å²) in [7, 11) is 0. The number of benzene rings is 2. The van der Waals surface area contributed by atoms with Crippen LogP contribution >= 0.6 is 15.9 Å². The summed E-state index contributed by atoms with van der Waals surface area (Å²) in [5.74, 6) is 0.483. The largest absolute Gasteiger partial charge is 0.431 e. The Morgan fingerprint density at radius 3 is 2.80 bits per heavy atom. The van der Waals surface area contributed by atoms with Crippen LogP contribution in [0.15, 0.2) is 54.3 Å². The molecule has 1 aliphatic heterocycles. The van der Waals surface area contributed by atoms with Gasteiger partial charge in [0.25, 0.3) is 0 Å². The van der Waals surface area contributed by atoms with Crippen molar-refractivity contribution in [2.45, 2.75) is 18.8 Å². The molecule has 1 aliphatic rings. The van der Waals surface area contributed by atoms with Gasteiger partial charge in [-0.25, -0.2) is 0 Å². The summed E-state index contributed by atoms with van der Waals surface area (Å²) in [5, 5.41) is 3.03. The highest BCUT2D eigenvalue weighted by molar-refractivity contribution is 9.09. The maximum Gasteiger partial charge on any atom is 0.318 e. The zero-order valence-corrected chi connectivity index (χ0v) is 12.6. The van der Waals surface area contributed by atoms with E-state index in [0.717, 1.165) is 29.6 Å². The van der Waals surface area contributed by atoms with Crippen LogP contribution in [0, 0.1) is 0 Å². The third-order valence-corrected chi connectivity index (χ3v) is 4.02. The van der Waals surface area contributed by atoms with Crippen molar-refractivity contribution >= 4 is 32.7 Å². The lowest BCUT2D eigenvalue weighted by atomic mass is 9.88. The SMILES string of the molecule is O=C1O/C(=C/CBr)CCC1c1cccc2ccccc12. The normalized spacial score (nSPS) is 21.1. The highest BCUT2D eigenvalue weighted by Gasteiger charge is 2.29. The van der Waals surface area contributed by atoms with Gasteiger partial charge in [-0.2, -0.15) is 0 Å². The van der Waals surface area contributed by atoms with Gasteiger partial charge in [0.15, 0.2) is 0 Å². The molecule has 2 aromatic rings. The van der Waals surface area contributed by atoms with Gasteiger partial charge in [0, 0.05) is 11.8 Å². The first kappa shape index (κ1) is 13.4. The van der Waals surface area contributed by atoms with E-state index in [0.29, 0.717) is 5.33 Å². The second kappa shape index (κ2) is 5.80. The minimum Gasteiger partial charge on any atom is -0.431 e. The van der Waals surface area contributed by atoms with Gasteiger partial charge in [-0.15, -0.1) is 0 Å². The molecule has 3 heteroatoms. The number of fused-ring (bicyclic) bond motifs is 1. The Morgan fingerprint density at radius 1 is 1.20 bits per heavy atom. The molecule has 0 amide bonds. The molecular formula is C17H15BrO2. The molecule has 20 heavy (non-hydrogen) atoms. The average Bonchev–Trinajstić information content (AvgIpc) is 2.47. The van der Waals surface area contributed by atoms with Gasteiger partial charge in [0.2, 0.25) is 0 Å². The lowest BCUT2D eigenvalue weighted by molar-refractivity contribution is -0.143. The van der Waals surface area contributed by atoms with Crippen LogP contribution in [0.25, 0.3) is 10.8 Å². The zero-order chi connectivity index (χ0) is 13.9. The van der Waals surface area contributed by atoms with Crippen LogP contribution in [0.2, 0.25) is 0 Å². The molecule has 1 heterocycles. The van der Waals surface area contributed by atoms with Crippen LogP contribution in [0.1, 0.15) is 24.3 Å². The van der Waals surface area contributed by atoms with Crippen molar-refractivity contribution in [2.75, 3.05) is 5.33 Å². The summed E-state index contributed by atoms with van der Waals surface area (Å²) < 4.78 is 5.43. The van der Waals surface area contributed by atoms with Crippen molar-refractivity contribution in [1.29, 1.82) is 0 Å². The number of alkyl halides is 1. The Hall–Kier alpha value is -1.61. The van der Waals surface area contributed by atoms with Gasteiger partial charge < -0.3 is 4.74 Å². The highest BCUT2D eigenvalue weighted by atomic mass is 79.9. The monoisotopic (exact) mass is 330 g/mol. The summed E-state index contributed by atoms with van der Waals surface area (Å²) in [6, 6.07) is 14.3. The number of halogens is 1. The summed E-state index contributed by atoms with van der Waals surface area (Å²) >= 11 is 3.33. The zero-order valence-electron chi connectivity index (χ0n) is 11.0. The predicted octanol–water partition coefficient (Wildman–Crippen LogP) is 4.54. The van der Waals surface area contributed by atoms with Crippen molar-refractivity contribution < 1.29 is 9.53 Å². The second-order valence-corrected chi connectivity index (χ2v) is 5.55. The molecule has 0 N–H and O–H groups in total. The van der Waals surface area contributed by atoms with Gasteiger partial charge in [-0.1, -0.05) is 58.4 Å². The Labute approximate surface area is 126 Å². The van der Waals surface area contributed by atoms with E-state index in [1.807, 2.05) is 30.3 Å². The molecule has 0 radical (unpaired) electrons. The van der Waals surface area contributed by atoms with E-state index in [9.17, 15) is 4.79 Å². The van der Waals surface area contributed by atoms with E-state index in [-0.39, 0.29) is 11.9 Å². The fourth-order valence-corrected chi connectivity index (χ4v) is 3.08. The molecule has 0 spiro atoms. The Balaban J connectivity index is 1.96. The van der Waals surface area contributed by atoms with Crippen molar-refractivity contribution in [2.24, 2.45) is 0 Å². The predicted molar refractivity (Wildman–Crippen MR) is 83.9 cm³/mol. The minimum atomic E-state index is -0.159. The molecule has 1 saturated heterocycles. The smallest absolute Gasteiger partial charge is 0.318 e. The van der Waals surface area contributed by atoms with E-state index in [1.165, 1.54) is 5.39 Å². The van der Waals surface area contributed by atoms with Crippen molar-refractivity contribution in [3.63, 3.8) is 0 Å². The molecule has 1 fully saturated rings. The molecule has 2 nitrogen and oxygen atoms in total. The van der Waals surface area contributed by atoms with Gasteiger partial charge >= 0.3 is 5.97 Å². The molecular weight excluding hydrogens is 316 g/mol. The maximum atomic E-state index is 12.2. The average molecular weight is 331 g/mol. The van der Waals surface area contributed by atoms with Crippen LogP contribution < -0.4 is 0 Å². The third kappa shape index (κ3) is 2.50. The topological polar surface area (TPSA) is 26.3 Å². The summed E-state index contributed by atoms with van der Waals surface area (Å²) in [6.45, 7) is 0.